The first-order chi connectivity index (χ1) is 12.2. The summed E-state index contributed by atoms with van der Waals surface area (Å²) in [4.78, 5) is 22.0. The normalized spacial score (nSPS) is 22.9. The molecule has 0 radical (unpaired) electrons. The molecule has 2 atom stereocenters. The Morgan fingerprint density at radius 3 is 2.08 bits per heavy atom. The van der Waals surface area contributed by atoms with Crippen molar-refractivity contribution >= 4 is 5.97 Å². The van der Waals surface area contributed by atoms with Gasteiger partial charge in [0.25, 0.3) is 0 Å². The number of carbonyl (C=O) groups is 1. The zero-order valence-electron chi connectivity index (χ0n) is 16.3. The number of esters is 1. The molecule has 146 valence electrons. The SMILES string of the molecule is CCCCCCCCCCCC[C@]1(OC)C=C[C@@H](CC(=O)OC)OO1. The Kier molecular flexibility index (Phi) is 11.8. The lowest BCUT2D eigenvalue weighted by Crippen LogP contribution is -2.38. The second kappa shape index (κ2) is 13.3. The van der Waals surface area contributed by atoms with Crippen LogP contribution in [0.25, 0.3) is 0 Å². The highest BCUT2D eigenvalue weighted by Gasteiger charge is 2.34. The van der Waals surface area contributed by atoms with Gasteiger partial charge >= 0.3 is 5.97 Å². The summed E-state index contributed by atoms with van der Waals surface area (Å²) in [6.45, 7) is 2.25. The van der Waals surface area contributed by atoms with E-state index in [-0.39, 0.29) is 12.4 Å². The molecule has 0 aromatic carbocycles. The van der Waals surface area contributed by atoms with Crippen molar-refractivity contribution in [2.24, 2.45) is 0 Å². The molecule has 1 rings (SSSR count). The first-order valence-corrected chi connectivity index (χ1v) is 9.81. The quantitative estimate of drug-likeness (QED) is 0.188. The van der Waals surface area contributed by atoms with Gasteiger partial charge in [-0.2, -0.15) is 4.89 Å². The summed E-state index contributed by atoms with van der Waals surface area (Å²) in [5.74, 6) is -1.15. The topological polar surface area (TPSA) is 54.0 Å². The van der Waals surface area contributed by atoms with Crippen LogP contribution in [-0.4, -0.2) is 32.1 Å². The second-order valence-corrected chi connectivity index (χ2v) is 6.81. The van der Waals surface area contributed by atoms with Gasteiger partial charge in [-0.25, -0.2) is 4.89 Å². The fourth-order valence-corrected chi connectivity index (χ4v) is 2.99. The summed E-state index contributed by atoms with van der Waals surface area (Å²) in [5, 5.41) is 0. The molecule has 0 unspecified atom stereocenters. The van der Waals surface area contributed by atoms with Gasteiger partial charge in [-0.3, -0.25) is 4.79 Å². The van der Waals surface area contributed by atoms with E-state index >= 15 is 0 Å². The van der Waals surface area contributed by atoms with Gasteiger partial charge in [-0.15, -0.1) is 0 Å². The largest absolute Gasteiger partial charge is 0.469 e. The molecule has 0 saturated heterocycles. The van der Waals surface area contributed by atoms with E-state index in [9.17, 15) is 4.79 Å². The Hall–Kier alpha value is -0.910. The maximum absolute atomic E-state index is 11.3. The molecule has 0 spiro atoms. The molecule has 0 fully saturated rings. The van der Waals surface area contributed by atoms with Gasteiger partial charge < -0.3 is 9.47 Å². The average molecular weight is 357 g/mol. The Bertz CT molecular complexity index is 382. The fraction of sp³-hybridized carbons (Fsp3) is 0.850. The summed E-state index contributed by atoms with van der Waals surface area (Å²) in [6.07, 6.45) is 17.1. The molecule has 25 heavy (non-hydrogen) atoms. The highest BCUT2D eigenvalue weighted by Crippen LogP contribution is 2.28. The lowest BCUT2D eigenvalue weighted by molar-refractivity contribution is -0.428. The number of methoxy groups -OCH3 is 2. The third-order valence-electron chi connectivity index (χ3n) is 4.70. The van der Waals surface area contributed by atoms with Crippen molar-refractivity contribution in [1.29, 1.82) is 0 Å². The van der Waals surface area contributed by atoms with Gasteiger partial charge in [0.2, 0.25) is 5.79 Å². The van der Waals surface area contributed by atoms with Crippen LogP contribution in [0.15, 0.2) is 12.2 Å². The summed E-state index contributed by atoms with van der Waals surface area (Å²) in [6, 6.07) is 0. The first kappa shape index (κ1) is 22.1. The lowest BCUT2D eigenvalue weighted by atomic mass is 10.0. The van der Waals surface area contributed by atoms with Crippen LogP contribution in [-0.2, 0) is 24.0 Å². The van der Waals surface area contributed by atoms with Crippen LogP contribution in [0.2, 0.25) is 0 Å². The number of ether oxygens (including phenoxy) is 2. The monoisotopic (exact) mass is 356 g/mol. The van der Waals surface area contributed by atoms with E-state index in [1.165, 1.54) is 64.9 Å². The van der Waals surface area contributed by atoms with Crippen molar-refractivity contribution in [2.75, 3.05) is 14.2 Å². The van der Waals surface area contributed by atoms with Crippen LogP contribution in [0, 0.1) is 0 Å². The molecule has 0 N–H and O–H groups in total. The molecule has 1 aliphatic rings. The van der Waals surface area contributed by atoms with E-state index < -0.39 is 11.9 Å². The molecular formula is C20H36O5. The molecule has 1 heterocycles. The van der Waals surface area contributed by atoms with E-state index in [2.05, 4.69) is 11.7 Å². The van der Waals surface area contributed by atoms with Crippen LogP contribution in [0.1, 0.15) is 84.0 Å². The second-order valence-electron chi connectivity index (χ2n) is 6.81. The molecule has 5 nitrogen and oxygen atoms in total. The van der Waals surface area contributed by atoms with Crippen LogP contribution < -0.4 is 0 Å². The molecule has 0 aromatic rings. The molecule has 0 aromatic heterocycles. The summed E-state index contributed by atoms with van der Waals surface area (Å²) in [5.41, 5.74) is 0. The molecular weight excluding hydrogens is 320 g/mol. The van der Waals surface area contributed by atoms with Gasteiger partial charge in [-0.05, 0) is 12.5 Å². The summed E-state index contributed by atoms with van der Waals surface area (Å²) >= 11 is 0. The number of rotatable bonds is 14. The number of carbonyl (C=O) groups excluding carboxylic acids is 1. The molecule has 5 heteroatoms. The number of hydrogen-bond acceptors (Lipinski definition) is 5. The van der Waals surface area contributed by atoms with Gasteiger partial charge in [0, 0.05) is 13.5 Å². The minimum absolute atomic E-state index is 0.144. The van der Waals surface area contributed by atoms with Crippen molar-refractivity contribution in [1.82, 2.24) is 0 Å². The van der Waals surface area contributed by atoms with Crippen molar-refractivity contribution in [3.8, 4) is 0 Å². The van der Waals surface area contributed by atoms with E-state index in [0.29, 0.717) is 0 Å². The van der Waals surface area contributed by atoms with Gasteiger partial charge in [0.05, 0.1) is 13.5 Å². The Morgan fingerprint density at radius 1 is 1.00 bits per heavy atom. The fourth-order valence-electron chi connectivity index (χ4n) is 2.99. The van der Waals surface area contributed by atoms with Crippen LogP contribution in [0.4, 0.5) is 0 Å². The zero-order chi connectivity index (χ0) is 18.4. The molecule has 0 saturated carbocycles. The van der Waals surface area contributed by atoms with Crippen molar-refractivity contribution in [3.63, 3.8) is 0 Å². The minimum atomic E-state index is -0.827. The zero-order valence-corrected chi connectivity index (χ0v) is 16.3. The van der Waals surface area contributed by atoms with Gasteiger partial charge in [0.15, 0.2) is 0 Å². The maximum atomic E-state index is 11.3. The Labute approximate surface area is 153 Å². The predicted octanol–water partition coefficient (Wildman–Crippen LogP) is 5.09. The van der Waals surface area contributed by atoms with Gasteiger partial charge in [0.1, 0.15) is 6.10 Å². The van der Waals surface area contributed by atoms with E-state index in [0.717, 1.165) is 12.8 Å². The van der Waals surface area contributed by atoms with Crippen molar-refractivity contribution in [3.05, 3.63) is 12.2 Å². The summed E-state index contributed by atoms with van der Waals surface area (Å²) in [7, 11) is 2.98. The number of hydrogen-bond donors (Lipinski definition) is 0. The number of unbranched alkanes of at least 4 members (excludes halogenated alkanes) is 9. The molecule has 0 amide bonds. The average Bonchev–Trinajstić information content (AvgIpc) is 2.64. The molecule has 0 aliphatic carbocycles. The summed E-state index contributed by atoms with van der Waals surface area (Å²) < 4.78 is 10.1. The maximum Gasteiger partial charge on any atom is 0.308 e. The highest BCUT2D eigenvalue weighted by molar-refractivity contribution is 5.70. The minimum Gasteiger partial charge on any atom is -0.469 e. The van der Waals surface area contributed by atoms with Gasteiger partial charge in [-0.1, -0.05) is 70.8 Å². The highest BCUT2D eigenvalue weighted by atomic mass is 17.2. The molecule has 1 aliphatic heterocycles. The van der Waals surface area contributed by atoms with Crippen LogP contribution in [0.5, 0.6) is 0 Å². The third-order valence-corrected chi connectivity index (χ3v) is 4.70. The van der Waals surface area contributed by atoms with Crippen LogP contribution in [0.3, 0.4) is 0 Å². The Morgan fingerprint density at radius 2 is 1.60 bits per heavy atom. The predicted molar refractivity (Wildman–Crippen MR) is 97.9 cm³/mol. The molecule has 0 bridgehead atoms. The van der Waals surface area contributed by atoms with Crippen molar-refractivity contribution < 1.29 is 24.0 Å². The Balaban J connectivity index is 2.14. The van der Waals surface area contributed by atoms with Crippen LogP contribution >= 0.6 is 0 Å². The standard InChI is InChI=1S/C20H36O5/c1-4-5-6-7-8-9-10-11-12-13-15-20(23-3)16-14-18(24-25-20)17-19(21)22-2/h14,16,18H,4-13,15,17H2,1-3H3/t18-,20+/m0/s1. The smallest absolute Gasteiger partial charge is 0.308 e. The lowest BCUT2D eigenvalue weighted by Gasteiger charge is -2.32. The van der Waals surface area contributed by atoms with E-state index in [4.69, 9.17) is 14.5 Å². The van der Waals surface area contributed by atoms with E-state index in [1.54, 1.807) is 7.11 Å². The van der Waals surface area contributed by atoms with E-state index in [1.807, 2.05) is 12.2 Å². The first-order valence-electron chi connectivity index (χ1n) is 9.81. The third kappa shape index (κ3) is 9.38. The van der Waals surface area contributed by atoms with Crippen molar-refractivity contribution in [2.45, 2.75) is 95.9 Å².